The molecule has 0 unspecified atom stereocenters. The van der Waals surface area contributed by atoms with Crippen LogP contribution in [0, 0.1) is 5.82 Å². The third kappa shape index (κ3) is 4.28. The first-order valence-corrected chi connectivity index (χ1v) is 9.93. The van der Waals surface area contributed by atoms with Gasteiger partial charge >= 0.3 is 7.82 Å². The normalized spacial score (nSPS) is 11.7. The quantitative estimate of drug-likeness (QED) is 0.578. The van der Waals surface area contributed by atoms with Gasteiger partial charge in [0.25, 0.3) is 0 Å². The number of rotatable bonds is 7. The van der Waals surface area contributed by atoms with E-state index in [1.807, 2.05) is 6.92 Å². The topological polar surface area (TPSA) is 111 Å². The van der Waals surface area contributed by atoms with Crippen molar-refractivity contribution in [3.05, 3.63) is 58.9 Å². The zero-order chi connectivity index (χ0) is 20.3. The molecule has 1 aromatic carbocycles. The molecule has 2 heterocycles. The van der Waals surface area contributed by atoms with Gasteiger partial charge in [0.05, 0.1) is 17.5 Å². The summed E-state index contributed by atoms with van der Waals surface area (Å²) in [6, 6.07) is 5.73. The summed E-state index contributed by atoms with van der Waals surface area (Å²) in [6.07, 6.45) is 4.98. The van der Waals surface area contributed by atoms with Crippen molar-refractivity contribution in [3.63, 3.8) is 0 Å². The van der Waals surface area contributed by atoms with E-state index in [0.29, 0.717) is 18.6 Å². The average Bonchev–Trinajstić information content (AvgIpc) is 2.66. The van der Waals surface area contributed by atoms with Crippen LogP contribution in [0.1, 0.15) is 13.3 Å². The van der Waals surface area contributed by atoms with Crippen LogP contribution in [0.5, 0.6) is 5.75 Å². The van der Waals surface area contributed by atoms with E-state index in [1.165, 1.54) is 29.2 Å². The van der Waals surface area contributed by atoms with Crippen LogP contribution in [0.25, 0.3) is 22.0 Å². The maximum Gasteiger partial charge on any atom is 0.471 e. The zero-order valence-electron chi connectivity index (χ0n) is 14.9. The van der Waals surface area contributed by atoms with Crippen molar-refractivity contribution in [1.29, 1.82) is 0 Å². The number of ether oxygens (including phenoxy) is 1. The number of hydrogen-bond donors (Lipinski definition) is 2. The molecule has 148 valence electrons. The summed E-state index contributed by atoms with van der Waals surface area (Å²) >= 11 is 0. The molecule has 2 N–H and O–H groups in total. The lowest BCUT2D eigenvalue weighted by atomic mass is 10.1. The Hall–Kier alpha value is -2.58. The molecular weight excluding hydrogens is 390 g/mol. The smallest absolute Gasteiger partial charge is 0.471 e. The fourth-order valence-corrected chi connectivity index (χ4v) is 3.03. The van der Waals surface area contributed by atoms with E-state index in [1.54, 1.807) is 12.1 Å². The summed E-state index contributed by atoms with van der Waals surface area (Å²) in [5.41, 5.74) is 0.00878. The van der Waals surface area contributed by atoms with Crippen molar-refractivity contribution in [2.24, 2.45) is 0 Å². The number of fused-ring (bicyclic) bond motifs is 1. The van der Waals surface area contributed by atoms with Gasteiger partial charge in [-0.1, -0.05) is 13.0 Å². The second-order valence-corrected chi connectivity index (χ2v) is 7.19. The lowest BCUT2D eigenvalue weighted by molar-refractivity contribution is 0.155. The first-order valence-electron chi connectivity index (χ1n) is 8.40. The average molecular weight is 408 g/mol. The van der Waals surface area contributed by atoms with Crippen LogP contribution in [0.4, 0.5) is 4.39 Å². The molecule has 0 amide bonds. The van der Waals surface area contributed by atoms with Gasteiger partial charge < -0.3 is 19.1 Å². The largest absolute Gasteiger partial charge is 0.491 e. The van der Waals surface area contributed by atoms with Gasteiger partial charge in [0.15, 0.2) is 5.43 Å². The third-order valence-electron chi connectivity index (χ3n) is 3.93. The molecule has 0 aliphatic rings. The highest BCUT2D eigenvalue weighted by atomic mass is 31.2. The number of pyridine rings is 2. The van der Waals surface area contributed by atoms with Crippen molar-refractivity contribution < 1.29 is 28.0 Å². The molecule has 10 heteroatoms. The Kier molecular flexibility index (Phi) is 5.90. The highest BCUT2D eigenvalue weighted by Crippen LogP contribution is 2.37. The standard InChI is InChI=1S/C18H18FN2O6P/c1-2-8-26-15-6-5-14(19)16-17(15)21(11-27-28(23,24)25)10-13(18(16)22)12-4-3-7-20-9-12/h3-7,9-10H,2,8,11H2,1H3,(H2,23,24,25). The molecule has 28 heavy (non-hydrogen) atoms. The fraction of sp³-hybridized carbons (Fsp3) is 0.222. The fourth-order valence-electron chi connectivity index (χ4n) is 2.76. The van der Waals surface area contributed by atoms with Gasteiger partial charge in [0.2, 0.25) is 0 Å². The number of nitrogens with zero attached hydrogens (tertiary/aromatic N) is 2. The molecule has 8 nitrogen and oxygen atoms in total. The first-order chi connectivity index (χ1) is 13.3. The number of halogens is 1. The van der Waals surface area contributed by atoms with Gasteiger partial charge in [0.1, 0.15) is 18.3 Å². The van der Waals surface area contributed by atoms with Gasteiger partial charge in [-0.2, -0.15) is 0 Å². The number of aromatic nitrogens is 2. The number of phosphoric acid groups is 1. The predicted octanol–water partition coefficient (Wildman–Crippen LogP) is 3.06. The van der Waals surface area contributed by atoms with Crippen LogP contribution in [0.2, 0.25) is 0 Å². The van der Waals surface area contributed by atoms with E-state index in [-0.39, 0.29) is 22.2 Å². The molecule has 0 aliphatic carbocycles. The van der Waals surface area contributed by atoms with Crippen molar-refractivity contribution in [1.82, 2.24) is 9.55 Å². The van der Waals surface area contributed by atoms with Gasteiger partial charge in [-0.25, -0.2) is 8.96 Å². The summed E-state index contributed by atoms with van der Waals surface area (Å²) in [5.74, 6) is -0.568. The summed E-state index contributed by atoms with van der Waals surface area (Å²) in [4.78, 5) is 35.1. The van der Waals surface area contributed by atoms with E-state index in [4.69, 9.17) is 14.5 Å². The van der Waals surface area contributed by atoms with Crippen LogP contribution in [-0.2, 0) is 15.8 Å². The van der Waals surface area contributed by atoms with Gasteiger partial charge in [-0.3, -0.25) is 14.3 Å². The summed E-state index contributed by atoms with van der Waals surface area (Å²) in [7, 11) is -4.80. The van der Waals surface area contributed by atoms with E-state index in [9.17, 15) is 13.8 Å². The first kappa shape index (κ1) is 20.2. The number of phosphoric ester groups is 1. The second kappa shape index (κ2) is 8.20. The number of hydrogen-bond acceptors (Lipinski definition) is 5. The lowest BCUT2D eigenvalue weighted by Gasteiger charge is -2.17. The van der Waals surface area contributed by atoms with Crippen molar-refractivity contribution in [3.8, 4) is 16.9 Å². The van der Waals surface area contributed by atoms with Crippen molar-refractivity contribution in [2.75, 3.05) is 6.61 Å². The van der Waals surface area contributed by atoms with Crippen LogP contribution in [0.3, 0.4) is 0 Å². The van der Waals surface area contributed by atoms with Gasteiger partial charge in [-0.15, -0.1) is 0 Å². The Balaban J connectivity index is 2.31. The van der Waals surface area contributed by atoms with Gasteiger partial charge in [0, 0.05) is 29.7 Å². The van der Waals surface area contributed by atoms with E-state index >= 15 is 0 Å². The monoisotopic (exact) mass is 408 g/mol. The Morgan fingerprint density at radius 2 is 2.07 bits per heavy atom. The number of benzene rings is 1. The molecule has 0 radical (unpaired) electrons. The summed E-state index contributed by atoms with van der Waals surface area (Å²) < 4.78 is 37.2. The minimum atomic E-state index is -4.80. The lowest BCUT2D eigenvalue weighted by Crippen LogP contribution is -2.16. The minimum absolute atomic E-state index is 0.0551. The highest BCUT2D eigenvalue weighted by Gasteiger charge is 2.21. The van der Waals surface area contributed by atoms with E-state index in [0.717, 1.165) is 6.07 Å². The molecule has 0 atom stereocenters. The van der Waals surface area contributed by atoms with E-state index in [2.05, 4.69) is 9.51 Å². The maximum atomic E-state index is 14.6. The highest BCUT2D eigenvalue weighted by molar-refractivity contribution is 7.46. The van der Waals surface area contributed by atoms with Crippen LogP contribution >= 0.6 is 7.82 Å². The molecule has 0 aliphatic heterocycles. The Morgan fingerprint density at radius 1 is 1.29 bits per heavy atom. The second-order valence-electron chi connectivity index (χ2n) is 5.95. The van der Waals surface area contributed by atoms with Crippen LogP contribution < -0.4 is 10.2 Å². The van der Waals surface area contributed by atoms with Crippen LogP contribution in [0.15, 0.2) is 47.7 Å². The van der Waals surface area contributed by atoms with E-state index < -0.39 is 25.8 Å². The SMILES string of the molecule is CCCOc1ccc(F)c2c(=O)c(-c3cccnc3)cn(COP(=O)(O)O)c12. The predicted molar refractivity (Wildman–Crippen MR) is 100 cm³/mol. The Morgan fingerprint density at radius 3 is 2.71 bits per heavy atom. The maximum absolute atomic E-state index is 14.6. The molecular formula is C18H18FN2O6P. The molecule has 0 fully saturated rings. The Bertz CT molecular complexity index is 1100. The molecule has 0 spiro atoms. The minimum Gasteiger partial charge on any atom is -0.491 e. The molecule has 3 aromatic rings. The molecule has 2 aromatic heterocycles. The van der Waals surface area contributed by atoms with Crippen LogP contribution in [-0.4, -0.2) is 25.9 Å². The molecule has 3 rings (SSSR count). The zero-order valence-corrected chi connectivity index (χ0v) is 15.8. The molecule has 0 saturated carbocycles. The molecule has 0 saturated heterocycles. The Labute approximate surface area is 159 Å². The summed E-state index contributed by atoms with van der Waals surface area (Å²) in [5, 5.41) is -0.260. The van der Waals surface area contributed by atoms with Crippen molar-refractivity contribution >= 4 is 18.7 Å². The van der Waals surface area contributed by atoms with Gasteiger partial charge in [-0.05, 0) is 24.6 Å². The molecule has 0 bridgehead atoms. The van der Waals surface area contributed by atoms with Crippen molar-refractivity contribution in [2.45, 2.75) is 20.1 Å². The summed E-state index contributed by atoms with van der Waals surface area (Å²) in [6.45, 7) is 1.59. The third-order valence-corrected chi connectivity index (χ3v) is 4.38.